The molecule has 0 radical (unpaired) electrons. The number of pyridine rings is 1. The molecule has 0 saturated carbocycles. The van der Waals surface area contributed by atoms with Gasteiger partial charge in [0.2, 0.25) is 0 Å². The summed E-state index contributed by atoms with van der Waals surface area (Å²) in [7, 11) is 0. The van der Waals surface area contributed by atoms with Crippen LogP contribution in [0.25, 0.3) is 0 Å². The topological polar surface area (TPSA) is 45.6 Å². The van der Waals surface area contributed by atoms with E-state index in [0.717, 1.165) is 37.5 Å². The summed E-state index contributed by atoms with van der Waals surface area (Å²) in [5.41, 5.74) is 0.855. The van der Waals surface area contributed by atoms with Crippen molar-refractivity contribution in [1.82, 2.24) is 4.98 Å². The molecule has 2 atom stereocenters. The largest absolute Gasteiger partial charge is 0.389 e. The molecular formula is C13H20N2O2. The predicted molar refractivity (Wildman–Crippen MR) is 67.1 cm³/mol. The number of hydrogen-bond donors (Lipinski definition) is 1. The van der Waals surface area contributed by atoms with E-state index in [2.05, 4.69) is 16.8 Å². The molecule has 1 aromatic heterocycles. The summed E-state index contributed by atoms with van der Waals surface area (Å²) >= 11 is 0. The molecule has 4 heteroatoms. The minimum absolute atomic E-state index is 0.246. The zero-order chi connectivity index (χ0) is 12.3. The van der Waals surface area contributed by atoms with E-state index in [1.54, 1.807) is 13.1 Å². The van der Waals surface area contributed by atoms with E-state index in [1.165, 1.54) is 0 Å². The normalized spacial score (nSPS) is 23.2. The SMILES string of the molecule is CC1CN(c2ccc(C(C)O)cn2)CCCO1. The first-order chi connectivity index (χ1) is 8.16. The number of rotatable bonds is 2. The van der Waals surface area contributed by atoms with Crippen molar-refractivity contribution in [2.75, 3.05) is 24.6 Å². The number of hydrogen-bond acceptors (Lipinski definition) is 4. The number of anilines is 1. The first-order valence-corrected chi connectivity index (χ1v) is 6.17. The fourth-order valence-electron chi connectivity index (χ4n) is 2.03. The van der Waals surface area contributed by atoms with Gasteiger partial charge < -0.3 is 14.7 Å². The van der Waals surface area contributed by atoms with Crippen molar-refractivity contribution in [2.24, 2.45) is 0 Å². The molecule has 4 nitrogen and oxygen atoms in total. The Labute approximate surface area is 102 Å². The maximum absolute atomic E-state index is 9.44. The molecule has 1 N–H and O–H groups in total. The van der Waals surface area contributed by atoms with E-state index in [-0.39, 0.29) is 6.10 Å². The Kier molecular flexibility index (Phi) is 3.97. The Morgan fingerprint density at radius 2 is 2.35 bits per heavy atom. The minimum Gasteiger partial charge on any atom is -0.389 e. The lowest BCUT2D eigenvalue weighted by Gasteiger charge is -2.23. The second-order valence-corrected chi connectivity index (χ2v) is 4.61. The zero-order valence-electron chi connectivity index (χ0n) is 10.5. The van der Waals surface area contributed by atoms with Crippen LogP contribution in [0.1, 0.15) is 31.9 Å². The Morgan fingerprint density at radius 3 is 3.00 bits per heavy atom. The van der Waals surface area contributed by atoms with Crippen LogP contribution in [0.15, 0.2) is 18.3 Å². The zero-order valence-corrected chi connectivity index (χ0v) is 10.5. The lowest BCUT2D eigenvalue weighted by Crippen LogP contribution is -2.30. The summed E-state index contributed by atoms with van der Waals surface area (Å²) in [5, 5.41) is 9.44. The van der Waals surface area contributed by atoms with Gasteiger partial charge >= 0.3 is 0 Å². The third-order valence-electron chi connectivity index (χ3n) is 3.03. The maximum Gasteiger partial charge on any atom is 0.128 e. The van der Waals surface area contributed by atoms with Crippen molar-refractivity contribution in [3.8, 4) is 0 Å². The monoisotopic (exact) mass is 236 g/mol. The van der Waals surface area contributed by atoms with Crippen LogP contribution in [0.3, 0.4) is 0 Å². The molecule has 1 aliphatic heterocycles. The Balaban J connectivity index is 2.10. The van der Waals surface area contributed by atoms with E-state index < -0.39 is 6.10 Å². The van der Waals surface area contributed by atoms with Gasteiger partial charge in [-0.1, -0.05) is 6.07 Å². The van der Waals surface area contributed by atoms with E-state index in [1.807, 2.05) is 12.1 Å². The van der Waals surface area contributed by atoms with Gasteiger partial charge in [0, 0.05) is 25.9 Å². The van der Waals surface area contributed by atoms with Gasteiger partial charge in [-0.15, -0.1) is 0 Å². The van der Waals surface area contributed by atoms with Gasteiger partial charge in [0.1, 0.15) is 5.82 Å². The van der Waals surface area contributed by atoms with Gasteiger partial charge in [0.05, 0.1) is 12.2 Å². The van der Waals surface area contributed by atoms with Crippen molar-refractivity contribution in [3.05, 3.63) is 23.9 Å². The van der Waals surface area contributed by atoms with Gasteiger partial charge in [0.15, 0.2) is 0 Å². The predicted octanol–water partition coefficient (Wildman–Crippen LogP) is 1.75. The highest BCUT2D eigenvalue weighted by Gasteiger charge is 2.16. The summed E-state index contributed by atoms with van der Waals surface area (Å²) in [4.78, 5) is 6.65. The smallest absolute Gasteiger partial charge is 0.128 e. The van der Waals surface area contributed by atoms with Gasteiger partial charge in [-0.3, -0.25) is 0 Å². The summed E-state index contributed by atoms with van der Waals surface area (Å²) in [5.74, 6) is 0.965. The van der Waals surface area contributed by atoms with Crippen LogP contribution in [0, 0.1) is 0 Å². The van der Waals surface area contributed by atoms with Gasteiger partial charge in [-0.2, -0.15) is 0 Å². The molecule has 2 rings (SSSR count). The molecule has 0 aliphatic carbocycles. The average Bonchev–Trinajstić information content (AvgIpc) is 2.54. The van der Waals surface area contributed by atoms with Gasteiger partial charge in [-0.05, 0) is 31.9 Å². The molecule has 1 fully saturated rings. The summed E-state index contributed by atoms with van der Waals surface area (Å²) in [6.45, 7) is 6.51. The van der Waals surface area contributed by atoms with E-state index in [0.29, 0.717) is 0 Å². The van der Waals surface area contributed by atoms with Crippen LogP contribution in [-0.2, 0) is 4.74 Å². The molecule has 2 heterocycles. The van der Waals surface area contributed by atoms with Crippen LogP contribution in [0.4, 0.5) is 5.82 Å². The van der Waals surface area contributed by atoms with Gasteiger partial charge in [0.25, 0.3) is 0 Å². The van der Waals surface area contributed by atoms with Crippen LogP contribution in [0.5, 0.6) is 0 Å². The molecule has 1 aromatic rings. The van der Waals surface area contributed by atoms with Crippen molar-refractivity contribution in [3.63, 3.8) is 0 Å². The highest BCUT2D eigenvalue weighted by atomic mass is 16.5. The number of aliphatic hydroxyl groups excluding tert-OH is 1. The average molecular weight is 236 g/mol. The first kappa shape index (κ1) is 12.3. The Hall–Kier alpha value is -1.13. The Bertz CT molecular complexity index is 351. The fraction of sp³-hybridized carbons (Fsp3) is 0.615. The molecule has 0 aromatic carbocycles. The van der Waals surface area contributed by atoms with Crippen molar-refractivity contribution >= 4 is 5.82 Å². The molecule has 0 spiro atoms. The lowest BCUT2D eigenvalue weighted by atomic mass is 10.2. The molecule has 1 aliphatic rings. The molecule has 2 unspecified atom stereocenters. The van der Waals surface area contributed by atoms with Crippen LogP contribution >= 0.6 is 0 Å². The van der Waals surface area contributed by atoms with Crippen LogP contribution in [-0.4, -0.2) is 35.9 Å². The summed E-state index contributed by atoms with van der Waals surface area (Å²) in [6.07, 6.45) is 2.57. The molecule has 94 valence electrons. The maximum atomic E-state index is 9.44. The van der Waals surface area contributed by atoms with Crippen molar-refractivity contribution < 1.29 is 9.84 Å². The summed E-state index contributed by atoms with van der Waals surface area (Å²) < 4.78 is 5.61. The highest BCUT2D eigenvalue weighted by Crippen LogP contribution is 2.18. The van der Waals surface area contributed by atoms with Crippen LogP contribution < -0.4 is 4.90 Å². The molecular weight excluding hydrogens is 216 g/mol. The van der Waals surface area contributed by atoms with Crippen LogP contribution in [0.2, 0.25) is 0 Å². The standard InChI is InChI=1S/C13H20N2O2/c1-10-9-15(6-3-7-17-10)13-5-4-12(8-14-13)11(2)16/h4-5,8,10-11,16H,3,6-7,9H2,1-2H3. The van der Waals surface area contributed by atoms with E-state index in [9.17, 15) is 5.11 Å². The number of aliphatic hydroxyl groups is 1. The van der Waals surface area contributed by atoms with Crippen molar-refractivity contribution in [2.45, 2.75) is 32.5 Å². The van der Waals surface area contributed by atoms with E-state index in [4.69, 9.17) is 4.74 Å². The molecule has 0 bridgehead atoms. The molecule has 17 heavy (non-hydrogen) atoms. The van der Waals surface area contributed by atoms with Gasteiger partial charge in [-0.25, -0.2) is 4.98 Å². The second kappa shape index (κ2) is 5.47. The first-order valence-electron chi connectivity index (χ1n) is 6.17. The van der Waals surface area contributed by atoms with E-state index >= 15 is 0 Å². The highest BCUT2D eigenvalue weighted by molar-refractivity contribution is 5.39. The third-order valence-corrected chi connectivity index (χ3v) is 3.03. The summed E-state index contributed by atoms with van der Waals surface area (Å²) in [6, 6.07) is 3.91. The Morgan fingerprint density at radius 1 is 1.53 bits per heavy atom. The van der Waals surface area contributed by atoms with Crippen molar-refractivity contribution in [1.29, 1.82) is 0 Å². The number of nitrogens with zero attached hydrogens (tertiary/aromatic N) is 2. The second-order valence-electron chi connectivity index (χ2n) is 4.61. The fourth-order valence-corrected chi connectivity index (χ4v) is 2.03. The quantitative estimate of drug-likeness (QED) is 0.849. The minimum atomic E-state index is -0.456. The molecule has 1 saturated heterocycles. The number of aromatic nitrogens is 1. The number of ether oxygens (including phenoxy) is 1. The lowest BCUT2D eigenvalue weighted by molar-refractivity contribution is 0.0820. The third kappa shape index (κ3) is 3.17. The molecule has 0 amide bonds.